The second-order valence-corrected chi connectivity index (χ2v) is 9.04. The Bertz CT molecular complexity index is 1010. The molecule has 2 heterocycles. The van der Waals surface area contributed by atoms with Gasteiger partial charge < -0.3 is 20.4 Å². The number of anilines is 2. The number of nitrogens with zero attached hydrogens (tertiary/aromatic N) is 3. The van der Waals surface area contributed by atoms with Crippen molar-refractivity contribution in [3.63, 3.8) is 0 Å². The number of hydrogen-bond acceptors (Lipinski definition) is 5. The molecule has 2 saturated heterocycles. The molecule has 2 aromatic rings. The summed E-state index contributed by atoms with van der Waals surface area (Å²) < 4.78 is 0. The summed E-state index contributed by atoms with van der Waals surface area (Å²) in [5.74, 6) is 0.153. The third-order valence-electron chi connectivity index (χ3n) is 6.76. The lowest BCUT2D eigenvalue weighted by molar-refractivity contribution is -0.116. The van der Waals surface area contributed by atoms with Gasteiger partial charge in [-0.05, 0) is 56.0 Å². The van der Waals surface area contributed by atoms with Crippen LogP contribution in [0.2, 0.25) is 0 Å². The smallest absolute Gasteiger partial charge is 0.321 e. The van der Waals surface area contributed by atoms with E-state index in [1.807, 2.05) is 54.6 Å². The summed E-state index contributed by atoms with van der Waals surface area (Å²) in [6.45, 7) is 4.93. The van der Waals surface area contributed by atoms with Crippen LogP contribution >= 0.6 is 0 Å². The summed E-state index contributed by atoms with van der Waals surface area (Å²) in [4.78, 5) is 28.1. The lowest BCUT2D eigenvalue weighted by atomic mass is 9.74. The zero-order valence-electron chi connectivity index (χ0n) is 19.1. The Morgan fingerprint density at radius 2 is 1.76 bits per heavy atom. The molecule has 4 rings (SSSR count). The first-order valence-electron chi connectivity index (χ1n) is 11.6. The fourth-order valence-electron chi connectivity index (χ4n) is 4.72. The monoisotopic (exact) mass is 445 g/mol. The van der Waals surface area contributed by atoms with Gasteiger partial charge in [0, 0.05) is 43.6 Å². The van der Waals surface area contributed by atoms with Crippen molar-refractivity contribution >= 4 is 23.2 Å². The summed E-state index contributed by atoms with van der Waals surface area (Å²) in [6, 6.07) is 20.5. The van der Waals surface area contributed by atoms with Gasteiger partial charge in [-0.15, -0.1) is 0 Å². The number of benzene rings is 2. The molecule has 2 aromatic carbocycles. The SMILES string of the molecule is CC(=O)CNC1CCN(c2ccc(NC(=O)N3CCC(C#N)(c4ccccc4)CC3)cc2)C1. The minimum Gasteiger partial charge on any atom is -0.370 e. The molecule has 0 spiro atoms. The zero-order valence-corrected chi connectivity index (χ0v) is 19.1. The second kappa shape index (κ2) is 10.1. The Morgan fingerprint density at radius 1 is 1.06 bits per heavy atom. The number of nitrogens with one attached hydrogen (secondary N) is 2. The van der Waals surface area contributed by atoms with Crippen LogP contribution in [0.3, 0.4) is 0 Å². The highest BCUT2D eigenvalue weighted by atomic mass is 16.2. The van der Waals surface area contributed by atoms with Gasteiger partial charge in [-0.1, -0.05) is 30.3 Å². The Kier molecular flexibility index (Phi) is 6.95. The van der Waals surface area contributed by atoms with Crippen molar-refractivity contribution in [3.8, 4) is 6.07 Å². The van der Waals surface area contributed by atoms with Gasteiger partial charge in [-0.3, -0.25) is 4.79 Å². The van der Waals surface area contributed by atoms with E-state index in [2.05, 4.69) is 21.6 Å². The fraction of sp³-hybridized carbons (Fsp3) is 0.423. The molecule has 2 N–H and O–H groups in total. The molecule has 1 atom stereocenters. The van der Waals surface area contributed by atoms with Crippen LogP contribution in [-0.2, 0) is 10.2 Å². The molecular formula is C26H31N5O2. The summed E-state index contributed by atoms with van der Waals surface area (Å²) in [6.07, 6.45) is 2.27. The van der Waals surface area contributed by atoms with Crippen molar-refractivity contribution < 1.29 is 9.59 Å². The largest absolute Gasteiger partial charge is 0.370 e. The predicted octanol–water partition coefficient (Wildman–Crippen LogP) is 3.53. The molecule has 0 radical (unpaired) electrons. The molecule has 0 aliphatic carbocycles. The Morgan fingerprint density at radius 3 is 2.39 bits per heavy atom. The van der Waals surface area contributed by atoms with E-state index in [9.17, 15) is 14.9 Å². The molecule has 7 heteroatoms. The molecule has 0 saturated carbocycles. The van der Waals surface area contributed by atoms with Crippen LogP contribution in [-0.4, -0.2) is 55.5 Å². The molecule has 7 nitrogen and oxygen atoms in total. The first-order chi connectivity index (χ1) is 16.0. The Hall–Kier alpha value is -3.37. The van der Waals surface area contributed by atoms with Gasteiger partial charge in [-0.2, -0.15) is 5.26 Å². The molecule has 1 unspecified atom stereocenters. The molecule has 2 aliphatic rings. The van der Waals surface area contributed by atoms with Crippen molar-refractivity contribution in [1.82, 2.24) is 10.2 Å². The maximum absolute atomic E-state index is 12.8. The van der Waals surface area contributed by atoms with Gasteiger partial charge >= 0.3 is 6.03 Å². The van der Waals surface area contributed by atoms with E-state index < -0.39 is 5.41 Å². The van der Waals surface area contributed by atoms with E-state index in [1.54, 1.807) is 11.8 Å². The molecule has 0 bridgehead atoms. The highest BCUT2D eigenvalue weighted by molar-refractivity contribution is 5.89. The van der Waals surface area contributed by atoms with Crippen molar-refractivity contribution in [2.75, 3.05) is 42.9 Å². The third-order valence-corrected chi connectivity index (χ3v) is 6.76. The average molecular weight is 446 g/mol. The van der Waals surface area contributed by atoms with Crippen LogP contribution in [0.25, 0.3) is 0 Å². The van der Waals surface area contributed by atoms with E-state index in [0.717, 1.165) is 36.4 Å². The highest BCUT2D eigenvalue weighted by Gasteiger charge is 2.37. The maximum atomic E-state index is 12.8. The number of rotatable bonds is 6. The molecule has 33 heavy (non-hydrogen) atoms. The number of amides is 2. The van der Waals surface area contributed by atoms with E-state index in [1.165, 1.54) is 0 Å². The van der Waals surface area contributed by atoms with E-state index in [-0.39, 0.29) is 11.8 Å². The van der Waals surface area contributed by atoms with Crippen molar-refractivity contribution in [2.24, 2.45) is 0 Å². The molecule has 2 aliphatic heterocycles. The Balaban J connectivity index is 1.29. The summed E-state index contributed by atoms with van der Waals surface area (Å²) in [7, 11) is 0. The van der Waals surface area contributed by atoms with E-state index in [4.69, 9.17) is 0 Å². The first kappa shape index (κ1) is 22.8. The molecule has 2 fully saturated rings. The number of piperidine rings is 1. The highest BCUT2D eigenvalue weighted by Crippen LogP contribution is 2.35. The summed E-state index contributed by atoms with van der Waals surface area (Å²) in [5, 5.41) is 16.1. The number of urea groups is 1. The molecular weight excluding hydrogens is 414 g/mol. The lowest BCUT2D eigenvalue weighted by Gasteiger charge is -2.37. The van der Waals surface area contributed by atoms with Gasteiger partial charge in [-0.25, -0.2) is 4.79 Å². The molecule has 0 aromatic heterocycles. The van der Waals surface area contributed by atoms with Gasteiger partial charge in [0.05, 0.1) is 18.0 Å². The standard InChI is InChI=1S/C26H31N5O2/c1-20(32)17-28-23-11-14-31(18-23)24-9-7-22(8-10-24)29-25(33)30-15-12-26(19-27,13-16-30)21-5-3-2-4-6-21/h2-10,23,28H,11-18H2,1H3,(H,29,33). The number of Topliss-reactive ketones (excluding diaryl/α,β-unsaturated/α-hetero) is 1. The summed E-state index contributed by atoms with van der Waals surface area (Å²) in [5.41, 5.74) is 2.38. The van der Waals surface area contributed by atoms with Gasteiger partial charge in [0.2, 0.25) is 0 Å². The normalized spacial score (nSPS) is 19.7. The minimum atomic E-state index is -0.521. The van der Waals surface area contributed by atoms with Crippen LogP contribution in [0.5, 0.6) is 0 Å². The van der Waals surface area contributed by atoms with E-state index in [0.29, 0.717) is 38.5 Å². The van der Waals surface area contributed by atoms with Crippen LogP contribution < -0.4 is 15.5 Å². The quantitative estimate of drug-likeness (QED) is 0.710. The number of ketones is 1. The maximum Gasteiger partial charge on any atom is 0.321 e. The zero-order chi connectivity index (χ0) is 23.3. The van der Waals surface area contributed by atoms with Crippen molar-refractivity contribution in [1.29, 1.82) is 5.26 Å². The number of nitriles is 1. The Labute approximate surface area is 195 Å². The third kappa shape index (κ3) is 5.35. The minimum absolute atomic E-state index is 0.128. The number of likely N-dealkylation sites (tertiary alicyclic amines) is 1. The van der Waals surface area contributed by atoms with E-state index >= 15 is 0 Å². The number of carbonyl (C=O) groups is 2. The molecule has 2 amide bonds. The number of carbonyl (C=O) groups excluding carboxylic acids is 2. The predicted molar refractivity (Wildman–Crippen MR) is 129 cm³/mol. The van der Waals surface area contributed by atoms with Crippen LogP contribution in [0.1, 0.15) is 31.7 Å². The van der Waals surface area contributed by atoms with Crippen molar-refractivity contribution in [3.05, 3.63) is 60.2 Å². The average Bonchev–Trinajstić information content (AvgIpc) is 3.33. The van der Waals surface area contributed by atoms with Crippen LogP contribution in [0.15, 0.2) is 54.6 Å². The van der Waals surface area contributed by atoms with Crippen LogP contribution in [0, 0.1) is 11.3 Å². The number of hydrogen-bond donors (Lipinski definition) is 2. The topological polar surface area (TPSA) is 88.5 Å². The van der Waals surface area contributed by atoms with Crippen LogP contribution in [0.4, 0.5) is 16.2 Å². The summed E-state index contributed by atoms with van der Waals surface area (Å²) >= 11 is 0. The van der Waals surface area contributed by atoms with Crippen molar-refractivity contribution in [2.45, 2.75) is 37.6 Å². The molecule has 172 valence electrons. The van der Waals surface area contributed by atoms with Gasteiger partial charge in [0.15, 0.2) is 0 Å². The lowest BCUT2D eigenvalue weighted by Crippen LogP contribution is -2.46. The second-order valence-electron chi connectivity index (χ2n) is 9.04. The first-order valence-corrected chi connectivity index (χ1v) is 11.6. The van der Waals surface area contributed by atoms with Gasteiger partial charge in [0.1, 0.15) is 5.78 Å². The van der Waals surface area contributed by atoms with Gasteiger partial charge in [0.25, 0.3) is 0 Å². The fourth-order valence-corrected chi connectivity index (χ4v) is 4.72.